The normalized spacial score (nSPS) is 11.2. The standard InChI is InChI=1S/C16H12F4N2O2/c17-12-6-5-10(15(21)24)7-13(12)22-14(23)8-9-3-1-2-4-11(9)16(18,19)20/h1-7H,8H2,(H2,21,24)(H,22,23). The smallest absolute Gasteiger partial charge is 0.366 e. The molecule has 4 nitrogen and oxygen atoms in total. The first-order valence-corrected chi connectivity index (χ1v) is 6.73. The van der Waals surface area contributed by atoms with Crippen molar-refractivity contribution in [2.75, 3.05) is 5.32 Å². The third-order valence-corrected chi connectivity index (χ3v) is 3.20. The van der Waals surface area contributed by atoms with Crippen molar-refractivity contribution in [3.05, 3.63) is 65.0 Å². The molecule has 0 fully saturated rings. The van der Waals surface area contributed by atoms with Crippen molar-refractivity contribution in [2.24, 2.45) is 5.73 Å². The number of nitrogens with one attached hydrogen (secondary N) is 1. The summed E-state index contributed by atoms with van der Waals surface area (Å²) < 4.78 is 52.3. The first-order chi connectivity index (χ1) is 11.2. The summed E-state index contributed by atoms with van der Waals surface area (Å²) in [4.78, 5) is 23.0. The Labute approximate surface area is 134 Å². The van der Waals surface area contributed by atoms with Crippen molar-refractivity contribution >= 4 is 17.5 Å². The minimum atomic E-state index is -4.60. The molecule has 0 aliphatic rings. The van der Waals surface area contributed by atoms with Crippen LogP contribution in [-0.4, -0.2) is 11.8 Å². The lowest BCUT2D eigenvalue weighted by Gasteiger charge is -2.13. The topological polar surface area (TPSA) is 72.2 Å². The molecule has 2 aromatic rings. The van der Waals surface area contributed by atoms with E-state index in [1.165, 1.54) is 18.2 Å². The molecule has 0 radical (unpaired) electrons. The Bertz CT molecular complexity index is 788. The Morgan fingerprint density at radius 1 is 1.08 bits per heavy atom. The molecular weight excluding hydrogens is 328 g/mol. The monoisotopic (exact) mass is 340 g/mol. The van der Waals surface area contributed by atoms with E-state index in [4.69, 9.17) is 5.73 Å². The Hall–Kier alpha value is -2.90. The van der Waals surface area contributed by atoms with Crippen LogP contribution in [0.15, 0.2) is 42.5 Å². The van der Waals surface area contributed by atoms with Crippen LogP contribution in [-0.2, 0) is 17.4 Å². The van der Waals surface area contributed by atoms with E-state index in [1.807, 2.05) is 0 Å². The first-order valence-electron chi connectivity index (χ1n) is 6.73. The molecule has 0 unspecified atom stereocenters. The van der Waals surface area contributed by atoms with E-state index in [2.05, 4.69) is 5.32 Å². The predicted octanol–water partition coefficient (Wildman–Crippen LogP) is 3.12. The van der Waals surface area contributed by atoms with Crippen molar-refractivity contribution in [3.63, 3.8) is 0 Å². The van der Waals surface area contributed by atoms with Gasteiger partial charge < -0.3 is 11.1 Å². The van der Waals surface area contributed by atoms with Gasteiger partial charge in [-0.3, -0.25) is 9.59 Å². The molecule has 0 bridgehead atoms. The van der Waals surface area contributed by atoms with E-state index in [9.17, 15) is 27.2 Å². The molecule has 0 saturated carbocycles. The summed E-state index contributed by atoms with van der Waals surface area (Å²) >= 11 is 0. The van der Waals surface area contributed by atoms with E-state index in [0.29, 0.717) is 0 Å². The lowest BCUT2D eigenvalue weighted by Crippen LogP contribution is -2.19. The van der Waals surface area contributed by atoms with E-state index in [-0.39, 0.29) is 16.8 Å². The van der Waals surface area contributed by atoms with Gasteiger partial charge in [-0.25, -0.2) is 4.39 Å². The lowest BCUT2D eigenvalue weighted by molar-refractivity contribution is -0.138. The van der Waals surface area contributed by atoms with Crippen LogP contribution in [0.4, 0.5) is 23.2 Å². The second-order valence-corrected chi connectivity index (χ2v) is 4.94. The summed E-state index contributed by atoms with van der Waals surface area (Å²) in [5.41, 5.74) is 3.50. The highest BCUT2D eigenvalue weighted by atomic mass is 19.4. The van der Waals surface area contributed by atoms with Crippen LogP contribution in [0.1, 0.15) is 21.5 Å². The van der Waals surface area contributed by atoms with Gasteiger partial charge in [0, 0.05) is 5.56 Å². The minimum absolute atomic E-state index is 0.0395. The van der Waals surface area contributed by atoms with Crippen LogP contribution in [0.5, 0.6) is 0 Å². The van der Waals surface area contributed by atoms with Gasteiger partial charge in [0.1, 0.15) is 5.82 Å². The number of alkyl halides is 3. The number of hydrogen-bond acceptors (Lipinski definition) is 2. The summed E-state index contributed by atoms with van der Waals surface area (Å²) in [6.45, 7) is 0. The number of anilines is 1. The van der Waals surface area contributed by atoms with Crippen LogP contribution in [0, 0.1) is 5.82 Å². The number of carbonyl (C=O) groups excluding carboxylic acids is 2. The molecule has 0 aliphatic heterocycles. The van der Waals surface area contributed by atoms with E-state index in [1.54, 1.807) is 0 Å². The van der Waals surface area contributed by atoms with Gasteiger partial charge in [0.05, 0.1) is 17.7 Å². The maximum absolute atomic E-state index is 13.7. The van der Waals surface area contributed by atoms with Gasteiger partial charge in [-0.05, 0) is 29.8 Å². The molecule has 0 atom stereocenters. The van der Waals surface area contributed by atoms with Crippen LogP contribution in [0.25, 0.3) is 0 Å². The Balaban J connectivity index is 2.21. The zero-order valence-electron chi connectivity index (χ0n) is 12.2. The number of rotatable bonds is 4. The lowest BCUT2D eigenvalue weighted by atomic mass is 10.0. The number of nitrogens with two attached hydrogens (primary N) is 1. The van der Waals surface area contributed by atoms with Gasteiger partial charge in [0.25, 0.3) is 0 Å². The highest BCUT2D eigenvalue weighted by molar-refractivity contribution is 5.97. The van der Waals surface area contributed by atoms with E-state index >= 15 is 0 Å². The largest absolute Gasteiger partial charge is 0.416 e. The quantitative estimate of drug-likeness (QED) is 0.840. The van der Waals surface area contributed by atoms with Crippen molar-refractivity contribution < 1.29 is 27.2 Å². The third-order valence-electron chi connectivity index (χ3n) is 3.20. The van der Waals surface area contributed by atoms with Crippen LogP contribution >= 0.6 is 0 Å². The SMILES string of the molecule is NC(=O)c1ccc(F)c(NC(=O)Cc2ccccc2C(F)(F)F)c1. The van der Waals surface area contributed by atoms with Gasteiger partial charge in [-0.15, -0.1) is 0 Å². The van der Waals surface area contributed by atoms with Crippen molar-refractivity contribution in [1.82, 2.24) is 0 Å². The van der Waals surface area contributed by atoms with Gasteiger partial charge in [-0.2, -0.15) is 13.2 Å². The van der Waals surface area contributed by atoms with Gasteiger partial charge in [0.2, 0.25) is 11.8 Å². The van der Waals surface area contributed by atoms with Crippen molar-refractivity contribution in [3.8, 4) is 0 Å². The van der Waals surface area contributed by atoms with E-state index < -0.39 is 35.8 Å². The Kier molecular flexibility index (Phi) is 4.87. The summed E-state index contributed by atoms with van der Waals surface area (Å²) in [6.07, 6.45) is -5.20. The molecule has 2 amide bonds. The van der Waals surface area contributed by atoms with Crippen LogP contribution in [0.2, 0.25) is 0 Å². The van der Waals surface area contributed by atoms with Gasteiger partial charge >= 0.3 is 6.18 Å². The molecular formula is C16H12F4N2O2. The summed E-state index contributed by atoms with van der Waals surface area (Å²) in [7, 11) is 0. The number of benzene rings is 2. The van der Waals surface area contributed by atoms with Gasteiger partial charge in [0.15, 0.2) is 0 Å². The molecule has 2 aromatic carbocycles. The zero-order chi connectivity index (χ0) is 17.9. The fraction of sp³-hybridized carbons (Fsp3) is 0.125. The number of primary amides is 1. The van der Waals surface area contributed by atoms with Crippen LogP contribution < -0.4 is 11.1 Å². The molecule has 0 spiro atoms. The van der Waals surface area contributed by atoms with E-state index in [0.717, 1.165) is 24.3 Å². The molecule has 126 valence electrons. The second kappa shape index (κ2) is 6.69. The zero-order valence-corrected chi connectivity index (χ0v) is 12.2. The Morgan fingerprint density at radius 3 is 2.38 bits per heavy atom. The predicted molar refractivity (Wildman–Crippen MR) is 78.7 cm³/mol. The fourth-order valence-electron chi connectivity index (χ4n) is 2.09. The summed E-state index contributed by atoms with van der Waals surface area (Å²) in [5, 5.41) is 2.14. The molecule has 8 heteroatoms. The highest BCUT2D eigenvalue weighted by Crippen LogP contribution is 2.32. The van der Waals surface area contributed by atoms with Crippen molar-refractivity contribution in [1.29, 1.82) is 0 Å². The number of carbonyl (C=O) groups is 2. The maximum atomic E-state index is 13.7. The third kappa shape index (κ3) is 4.09. The molecule has 0 aromatic heterocycles. The minimum Gasteiger partial charge on any atom is -0.366 e. The molecule has 3 N–H and O–H groups in total. The van der Waals surface area contributed by atoms with Gasteiger partial charge in [-0.1, -0.05) is 18.2 Å². The fourth-order valence-corrected chi connectivity index (χ4v) is 2.09. The van der Waals surface area contributed by atoms with Crippen LogP contribution in [0.3, 0.4) is 0 Å². The summed E-state index contributed by atoms with van der Waals surface area (Å²) in [5.74, 6) is -2.52. The molecule has 0 heterocycles. The Morgan fingerprint density at radius 2 is 1.75 bits per heavy atom. The molecule has 0 saturated heterocycles. The molecule has 2 rings (SSSR count). The summed E-state index contributed by atoms with van der Waals surface area (Å²) in [6, 6.07) is 7.68. The average Bonchev–Trinajstić information content (AvgIpc) is 2.48. The number of hydrogen-bond donors (Lipinski definition) is 2. The first kappa shape index (κ1) is 17.5. The highest BCUT2D eigenvalue weighted by Gasteiger charge is 2.33. The number of halogens is 4. The maximum Gasteiger partial charge on any atom is 0.416 e. The average molecular weight is 340 g/mol. The number of amides is 2. The molecule has 0 aliphatic carbocycles. The molecule has 24 heavy (non-hydrogen) atoms. The van der Waals surface area contributed by atoms with Crippen molar-refractivity contribution in [2.45, 2.75) is 12.6 Å². The second-order valence-electron chi connectivity index (χ2n) is 4.94.